The summed E-state index contributed by atoms with van der Waals surface area (Å²) >= 11 is 5.37. The average Bonchev–Trinajstić information content (AvgIpc) is 3.94. The van der Waals surface area contributed by atoms with E-state index >= 15 is 0 Å². The third-order valence-corrected chi connectivity index (χ3v) is 11.9. The summed E-state index contributed by atoms with van der Waals surface area (Å²) in [6.45, 7) is 7.99. The summed E-state index contributed by atoms with van der Waals surface area (Å²) in [6.07, 6.45) is 8.10. The summed E-state index contributed by atoms with van der Waals surface area (Å²) in [5.41, 5.74) is 18.1. The topological polar surface area (TPSA) is 309 Å². The van der Waals surface area contributed by atoms with Gasteiger partial charge in [0.25, 0.3) is 5.91 Å². The molecule has 1 amide bonds. The first-order chi connectivity index (χ1) is 38.7. The molecule has 7 heterocycles. The zero-order valence-corrected chi connectivity index (χ0v) is 44.0. The molecule has 6 aromatic heterocycles. The van der Waals surface area contributed by atoms with E-state index in [-0.39, 0.29) is 34.2 Å². The highest BCUT2D eigenvalue weighted by Crippen LogP contribution is 2.28. The minimum Gasteiger partial charge on any atom is -0.462 e. The van der Waals surface area contributed by atoms with Crippen LogP contribution in [0, 0.1) is 20.2 Å². The average molecular weight is 1100 g/mol. The fourth-order valence-electron chi connectivity index (χ4n) is 7.75. The number of hydrogen-bond donors (Lipinski definition) is 3. The van der Waals surface area contributed by atoms with Gasteiger partial charge in [0.15, 0.2) is 11.5 Å². The van der Waals surface area contributed by atoms with Crippen molar-refractivity contribution in [1.82, 2.24) is 44.3 Å². The molecule has 0 atom stereocenters. The van der Waals surface area contributed by atoms with E-state index in [4.69, 9.17) is 37.5 Å². The van der Waals surface area contributed by atoms with Crippen LogP contribution in [0.4, 0.5) is 34.4 Å². The molecule has 10 rings (SSSR count). The third kappa shape index (κ3) is 15.7. The number of nitrogens with two attached hydrogens (primary N) is 2. The van der Waals surface area contributed by atoms with Gasteiger partial charge in [-0.2, -0.15) is 0 Å². The van der Waals surface area contributed by atoms with E-state index in [0.717, 1.165) is 47.7 Å². The fraction of sp³-hybridized carbons (Fsp3) is 0.161. The van der Waals surface area contributed by atoms with Crippen molar-refractivity contribution < 1.29 is 33.7 Å². The molecule has 1 fully saturated rings. The zero-order chi connectivity index (χ0) is 57.0. The number of halogens is 1. The molecule has 1 aliphatic rings. The van der Waals surface area contributed by atoms with Gasteiger partial charge in [-0.1, -0.05) is 17.7 Å². The summed E-state index contributed by atoms with van der Waals surface area (Å²) < 4.78 is 11.6. The molecule has 9 aromatic rings. The molecule has 0 bridgehead atoms. The number of carbonyl (C=O) groups is 3. The van der Waals surface area contributed by atoms with Crippen LogP contribution in [-0.4, -0.2) is 111 Å². The fourth-order valence-corrected chi connectivity index (χ4v) is 7.94. The largest absolute Gasteiger partial charge is 0.462 e. The lowest BCUT2D eigenvalue weighted by molar-refractivity contribution is -0.385. The van der Waals surface area contributed by atoms with Crippen LogP contribution >= 0.6 is 11.6 Å². The van der Waals surface area contributed by atoms with Gasteiger partial charge in [-0.15, -0.1) is 0 Å². The van der Waals surface area contributed by atoms with Gasteiger partial charge in [-0.3, -0.25) is 39.5 Å². The number of nitrogens with zero attached hydrogens (tertiary/aromatic N) is 11. The minimum atomic E-state index is -0.574. The highest BCUT2D eigenvalue weighted by atomic mass is 35.5. The number of esters is 2. The van der Waals surface area contributed by atoms with Gasteiger partial charge in [0, 0.05) is 98.5 Å². The Kier molecular flexibility index (Phi) is 20.3. The number of fused-ring (bicyclic) bond motifs is 1. The molecule has 1 saturated heterocycles. The Morgan fingerprint density at radius 1 is 0.637 bits per heavy atom. The molecule has 23 nitrogen and oxygen atoms in total. The Hall–Kier alpha value is -10.3. The Bertz CT molecular complexity index is 3550. The number of carbonyl (C=O) groups excluding carboxylic acids is 3. The van der Waals surface area contributed by atoms with Crippen LogP contribution in [0.3, 0.4) is 0 Å². The number of benzene rings is 3. The number of hydrogen-bond acceptors (Lipinski definition) is 19. The highest BCUT2D eigenvalue weighted by Gasteiger charge is 2.23. The van der Waals surface area contributed by atoms with E-state index in [1.54, 1.807) is 81.0 Å². The van der Waals surface area contributed by atoms with Crippen LogP contribution in [0.1, 0.15) is 50.5 Å². The van der Waals surface area contributed by atoms with Gasteiger partial charge in [-0.05, 0) is 141 Å². The molecule has 408 valence electrons. The van der Waals surface area contributed by atoms with Crippen molar-refractivity contribution in [1.29, 1.82) is 0 Å². The van der Waals surface area contributed by atoms with Crippen molar-refractivity contribution in [2.75, 3.05) is 56.2 Å². The summed E-state index contributed by atoms with van der Waals surface area (Å²) in [7, 11) is 0. The first kappa shape index (κ1) is 57.4. The van der Waals surface area contributed by atoms with E-state index in [0.29, 0.717) is 66.0 Å². The van der Waals surface area contributed by atoms with Crippen molar-refractivity contribution in [3.05, 3.63) is 218 Å². The number of rotatable bonds is 13. The molecule has 0 radical (unpaired) electrons. The van der Waals surface area contributed by atoms with E-state index in [1.807, 2.05) is 76.2 Å². The standard InChI is InChI=1S/C28H26N8O.C14H13N3O4.C9H11NO2.C5H3ClN2O2/c29-25-18-20(10-13-31-25)19-34-14-16-35(17-15-34)28(37)21-6-8-22(9-7-21)36-26-24(5-3-12-32-26)33-27(36)23-4-1-2-11-30-23;1-2-21-14(18)10-5-7-11(8-6-10)16-13-12(17(19)20)4-3-9-15-13;1-2-12-9(11)7-3-5-8(10)6-4-7;6-5-4(8(9)10)2-1-3-7-5/h1-13,18H,14-17,19H2,(H2,29,31);3-9H,2H2,1H3,(H,15,16);3-6H,2,10H2,1H3;1-3H. The summed E-state index contributed by atoms with van der Waals surface area (Å²) in [5, 5.41) is 23.8. The SMILES string of the molecule is CCOC(=O)c1ccc(N)cc1.CCOC(=O)c1ccc(Nc2ncccc2[N+](=O)[O-])cc1.Nc1cc(CN2CCN(C(=O)c3ccc(-n4c(-c5ccccn5)nc5cccnc54)cc3)CC2)ccn1.O=[N+]([O-])c1cccnc1Cl. The monoisotopic (exact) mass is 1100 g/mol. The van der Waals surface area contributed by atoms with E-state index in [1.165, 1.54) is 36.7 Å². The van der Waals surface area contributed by atoms with Crippen LogP contribution in [0.2, 0.25) is 5.15 Å². The predicted molar refractivity (Wildman–Crippen MR) is 301 cm³/mol. The van der Waals surface area contributed by atoms with E-state index < -0.39 is 15.8 Å². The molecule has 0 aliphatic carbocycles. The van der Waals surface area contributed by atoms with Gasteiger partial charge in [0.2, 0.25) is 11.0 Å². The first-order valence-corrected chi connectivity index (χ1v) is 25.1. The van der Waals surface area contributed by atoms with Crippen molar-refractivity contribution in [3.63, 3.8) is 0 Å². The second kappa shape index (κ2) is 28.2. The molecule has 0 spiro atoms. The smallest absolute Gasteiger partial charge is 0.338 e. The maximum absolute atomic E-state index is 13.2. The van der Waals surface area contributed by atoms with Crippen molar-refractivity contribution in [2.45, 2.75) is 20.4 Å². The predicted octanol–water partition coefficient (Wildman–Crippen LogP) is 9.42. The molecular formula is C56H53ClN14O9. The molecular weight excluding hydrogens is 1050 g/mol. The number of imidazole rings is 1. The normalized spacial score (nSPS) is 11.8. The minimum absolute atomic E-state index is 0.0397. The summed E-state index contributed by atoms with van der Waals surface area (Å²) in [5.74, 6) is 0.705. The lowest BCUT2D eigenvalue weighted by atomic mass is 10.1. The molecule has 3 aromatic carbocycles. The number of amides is 1. The number of nitrogen functional groups attached to an aromatic ring is 2. The van der Waals surface area contributed by atoms with Gasteiger partial charge >= 0.3 is 23.3 Å². The maximum Gasteiger partial charge on any atom is 0.338 e. The number of aromatic nitrogens is 7. The summed E-state index contributed by atoms with van der Waals surface area (Å²) in [4.78, 5) is 85.4. The number of ether oxygens (including phenoxy) is 2. The quantitative estimate of drug-likeness (QED) is 0.0318. The Balaban J connectivity index is 0.000000179. The number of anilines is 4. The molecule has 24 heteroatoms. The van der Waals surface area contributed by atoms with Crippen molar-refractivity contribution in [3.8, 4) is 17.2 Å². The van der Waals surface area contributed by atoms with Gasteiger partial charge < -0.3 is 31.2 Å². The van der Waals surface area contributed by atoms with E-state index in [2.05, 4.69) is 35.1 Å². The zero-order valence-electron chi connectivity index (χ0n) is 43.2. The Labute approximate surface area is 463 Å². The molecule has 5 N–H and O–H groups in total. The number of pyridine rings is 5. The molecule has 0 unspecified atom stereocenters. The van der Waals surface area contributed by atoms with Crippen molar-refractivity contribution in [2.24, 2.45) is 0 Å². The van der Waals surface area contributed by atoms with Gasteiger partial charge in [-0.25, -0.2) is 34.5 Å². The van der Waals surface area contributed by atoms with Crippen LogP contribution in [-0.2, 0) is 16.0 Å². The van der Waals surface area contributed by atoms with Crippen molar-refractivity contribution >= 4 is 75.0 Å². The lowest BCUT2D eigenvalue weighted by Gasteiger charge is -2.34. The van der Waals surface area contributed by atoms with Gasteiger partial charge in [0.1, 0.15) is 17.0 Å². The van der Waals surface area contributed by atoms with Crippen LogP contribution in [0.25, 0.3) is 28.4 Å². The lowest BCUT2D eigenvalue weighted by Crippen LogP contribution is -2.48. The summed E-state index contributed by atoms with van der Waals surface area (Å²) in [6, 6.07) is 39.7. The maximum atomic E-state index is 13.2. The molecule has 1 aliphatic heterocycles. The van der Waals surface area contributed by atoms with Gasteiger partial charge in [0.05, 0.1) is 34.2 Å². The Morgan fingerprint density at radius 2 is 1.23 bits per heavy atom. The molecule has 80 heavy (non-hydrogen) atoms. The number of nitrogens with one attached hydrogen (secondary N) is 1. The van der Waals surface area contributed by atoms with Crippen LogP contribution in [0.15, 0.2) is 171 Å². The Morgan fingerprint density at radius 3 is 1.81 bits per heavy atom. The second-order valence-corrected chi connectivity index (χ2v) is 17.4. The third-order valence-electron chi connectivity index (χ3n) is 11.6. The van der Waals surface area contributed by atoms with Crippen LogP contribution < -0.4 is 16.8 Å². The number of nitro groups is 2. The van der Waals surface area contributed by atoms with Crippen LogP contribution in [0.5, 0.6) is 0 Å². The van der Waals surface area contributed by atoms with E-state index in [9.17, 15) is 34.6 Å². The number of piperazine rings is 1. The second-order valence-electron chi connectivity index (χ2n) is 17.0. The highest BCUT2D eigenvalue weighted by molar-refractivity contribution is 6.31. The molecule has 0 saturated carbocycles. The first-order valence-electron chi connectivity index (χ1n) is 24.7.